The molecule has 2 N–H and O–H groups in total. The highest BCUT2D eigenvalue weighted by Gasteiger charge is 2.19. The normalized spacial score (nSPS) is 17.1. The van der Waals surface area contributed by atoms with Crippen LogP contribution < -0.4 is 5.73 Å². The van der Waals surface area contributed by atoms with Crippen LogP contribution in [0.5, 0.6) is 0 Å². The second kappa shape index (κ2) is 6.15. The Kier molecular flexibility index (Phi) is 4.82. The van der Waals surface area contributed by atoms with Gasteiger partial charge in [-0.15, -0.1) is 0 Å². The number of amides is 1. The van der Waals surface area contributed by atoms with Crippen LogP contribution in [0, 0.1) is 0 Å². The van der Waals surface area contributed by atoms with E-state index in [4.69, 9.17) is 5.73 Å². The van der Waals surface area contributed by atoms with Gasteiger partial charge >= 0.3 is 5.97 Å². The molecule has 0 unspecified atom stereocenters. The average Bonchev–Trinajstić information content (AvgIpc) is 2.29. The first kappa shape index (κ1) is 12.5. The highest BCUT2D eigenvalue weighted by atomic mass is 16.5. The predicted octanol–water partition coefficient (Wildman–Crippen LogP) is 0.405. The standard InChI is InChI=1S/C11H18N2O3/c1-2-16-10(14)8-9(12)11(15)13-6-4-3-5-7-13/h8H,2-7,12H2,1H3/b9-8-. The minimum atomic E-state index is -0.564. The maximum Gasteiger partial charge on any atom is 0.333 e. The first-order valence-electron chi connectivity index (χ1n) is 5.58. The minimum absolute atomic E-state index is 0.0413. The van der Waals surface area contributed by atoms with Crippen molar-refractivity contribution in [2.24, 2.45) is 5.73 Å². The van der Waals surface area contributed by atoms with E-state index in [0.717, 1.165) is 38.4 Å². The number of carbonyl (C=O) groups is 2. The summed E-state index contributed by atoms with van der Waals surface area (Å²) in [5.74, 6) is -0.835. The van der Waals surface area contributed by atoms with Crippen LogP contribution in [0.4, 0.5) is 0 Å². The average molecular weight is 226 g/mol. The van der Waals surface area contributed by atoms with Gasteiger partial charge in [0.2, 0.25) is 0 Å². The second-order valence-corrected chi connectivity index (χ2v) is 3.70. The zero-order valence-corrected chi connectivity index (χ0v) is 9.57. The summed E-state index contributed by atoms with van der Waals surface area (Å²) in [5, 5.41) is 0. The molecular weight excluding hydrogens is 208 g/mol. The van der Waals surface area contributed by atoms with E-state index >= 15 is 0 Å². The van der Waals surface area contributed by atoms with E-state index in [2.05, 4.69) is 4.74 Å². The van der Waals surface area contributed by atoms with Crippen molar-refractivity contribution in [2.75, 3.05) is 19.7 Å². The summed E-state index contributed by atoms with van der Waals surface area (Å²) in [7, 11) is 0. The van der Waals surface area contributed by atoms with Gasteiger partial charge in [-0.3, -0.25) is 4.79 Å². The summed E-state index contributed by atoms with van der Waals surface area (Å²) in [6, 6.07) is 0. The molecule has 16 heavy (non-hydrogen) atoms. The van der Waals surface area contributed by atoms with Crippen LogP contribution in [-0.2, 0) is 14.3 Å². The van der Waals surface area contributed by atoms with Crippen LogP contribution in [0.25, 0.3) is 0 Å². The Morgan fingerprint density at radius 1 is 1.31 bits per heavy atom. The molecule has 1 aliphatic heterocycles. The molecular formula is C11H18N2O3. The van der Waals surface area contributed by atoms with Gasteiger partial charge in [-0.1, -0.05) is 0 Å². The zero-order valence-electron chi connectivity index (χ0n) is 9.57. The molecule has 0 bridgehead atoms. The van der Waals surface area contributed by atoms with Gasteiger partial charge < -0.3 is 15.4 Å². The Morgan fingerprint density at radius 2 is 1.94 bits per heavy atom. The van der Waals surface area contributed by atoms with Gasteiger partial charge in [-0.25, -0.2) is 4.79 Å². The third-order valence-electron chi connectivity index (χ3n) is 2.45. The van der Waals surface area contributed by atoms with E-state index in [1.807, 2.05) is 0 Å². The Labute approximate surface area is 95.2 Å². The molecule has 1 heterocycles. The number of hydrogen-bond donors (Lipinski definition) is 1. The lowest BCUT2D eigenvalue weighted by molar-refractivity contribution is -0.138. The van der Waals surface area contributed by atoms with Gasteiger partial charge in [0.05, 0.1) is 12.7 Å². The lowest BCUT2D eigenvalue weighted by Crippen LogP contribution is -2.38. The molecule has 0 atom stereocenters. The van der Waals surface area contributed by atoms with Crippen LogP contribution in [0.1, 0.15) is 26.2 Å². The van der Waals surface area contributed by atoms with Crippen molar-refractivity contribution in [2.45, 2.75) is 26.2 Å². The maximum atomic E-state index is 11.8. The molecule has 90 valence electrons. The molecule has 0 aromatic rings. The summed E-state index contributed by atoms with van der Waals surface area (Å²) in [5.41, 5.74) is 5.51. The summed E-state index contributed by atoms with van der Waals surface area (Å²) in [6.45, 7) is 3.42. The molecule has 0 saturated carbocycles. The minimum Gasteiger partial charge on any atom is -0.463 e. The molecule has 1 aliphatic rings. The largest absolute Gasteiger partial charge is 0.463 e. The smallest absolute Gasteiger partial charge is 0.333 e. The molecule has 1 rings (SSSR count). The van der Waals surface area contributed by atoms with Gasteiger partial charge in [0.1, 0.15) is 5.70 Å². The molecule has 0 aromatic heterocycles. The van der Waals surface area contributed by atoms with Gasteiger partial charge in [0.25, 0.3) is 5.91 Å². The number of ether oxygens (including phenoxy) is 1. The third-order valence-corrected chi connectivity index (χ3v) is 2.45. The zero-order chi connectivity index (χ0) is 12.0. The van der Waals surface area contributed by atoms with Crippen molar-refractivity contribution >= 4 is 11.9 Å². The van der Waals surface area contributed by atoms with Crippen LogP contribution >= 0.6 is 0 Å². The second-order valence-electron chi connectivity index (χ2n) is 3.70. The Morgan fingerprint density at radius 3 is 2.50 bits per heavy atom. The number of esters is 1. The van der Waals surface area contributed by atoms with Crippen molar-refractivity contribution in [1.29, 1.82) is 0 Å². The fraction of sp³-hybridized carbons (Fsp3) is 0.636. The quantitative estimate of drug-likeness (QED) is 0.558. The van der Waals surface area contributed by atoms with E-state index in [1.54, 1.807) is 11.8 Å². The summed E-state index contributed by atoms with van der Waals surface area (Å²) >= 11 is 0. The lowest BCUT2D eigenvalue weighted by atomic mass is 10.1. The third kappa shape index (κ3) is 3.56. The first-order chi connectivity index (χ1) is 7.65. The number of piperidine rings is 1. The van der Waals surface area contributed by atoms with E-state index < -0.39 is 5.97 Å². The molecule has 1 fully saturated rings. The number of nitrogens with zero attached hydrogens (tertiary/aromatic N) is 1. The number of rotatable bonds is 3. The summed E-state index contributed by atoms with van der Waals surface area (Å²) in [6.07, 6.45) is 4.20. The Bertz CT molecular complexity index is 294. The monoisotopic (exact) mass is 226 g/mol. The lowest BCUT2D eigenvalue weighted by Gasteiger charge is -2.26. The van der Waals surface area contributed by atoms with Crippen LogP contribution in [0.2, 0.25) is 0 Å². The molecule has 1 amide bonds. The number of likely N-dealkylation sites (tertiary alicyclic amines) is 1. The summed E-state index contributed by atoms with van der Waals surface area (Å²) in [4.78, 5) is 24.5. The van der Waals surface area contributed by atoms with Crippen molar-refractivity contribution in [1.82, 2.24) is 4.90 Å². The molecule has 0 aromatic carbocycles. The van der Waals surface area contributed by atoms with Crippen LogP contribution in [0.15, 0.2) is 11.8 Å². The number of carbonyl (C=O) groups excluding carboxylic acids is 2. The highest BCUT2D eigenvalue weighted by Crippen LogP contribution is 2.10. The SMILES string of the molecule is CCOC(=O)/C=C(\N)C(=O)N1CCCCC1. The van der Waals surface area contributed by atoms with E-state index in [0.29, 0.717) is 0 Å². The van der Waals surface area contributed by atoms with E-state index in [1.165, 1.54) is 0 Å². The molecule has 0 radical (unpaired) electrons. The fourth-order valence-corrected chi connectivity index (χ4v) is 1.65. The topological polar surface area (TPSA) is 72.6 Å². The van der Waals surface area contributed by atoms with Crippen LogP contribution in [-0.4, -0.2) is 36.5 Å². The van der Waals surface area contributed by atoms with Crippen LogP contribution in [0.3, 0.4) is 0 Å². The Balaban J connectivity index is 2.54. The maximum absolute atomic E-state index is 11.8. The molecule has 5 heteroatoms. The highest BCUT2D eigenvalue weighted by molar-refractivity contribution is 5.98. The van der Waals surface area contributed by atoms with Gasteiger partial charge in [-0.2, -0.15) is 0 Å². The molecule has 0 spiro atoms. The fourth-order valence-electron chi connectivity index (χ4n) is 1.65. The number of hydrogen-bond acceptors (Lipinski definition) is 4. The van der Waals surface area contributed by atoms with Gasteiger partial charge in [0, 0.05) is 13.1 Å². The van der Waals surface area contributed by atoms with Crippen molar-refractivity contribution in [3.05, 3.63) is 11.8 Å². The summed E-state index contributed by atoms with van der Waals surface area (Å²) < 4.78 is 4.68. The van der Waals surface area contributed by atoms with Crippen molar-refractivity contribution in [3.63, 3.8) is 0 Å². The Hall–Kier alpha value is -1.52. The van der Waals surface area contributed by atoms with Gasteiger partial charge in [-0.05, 0) is 26.2 Å². The molecule has 0 aliphatic carbocycles. The number of nitrogens with two attached hydrogens (primary N) is 1. The molecule has 5 nitrogen and oxygen atoms in total. The van der Waals surface area contributed by atoms with Crippen molar-refractivity contribution < 1.29 is 14.3 Å². The van der Waals surface area contributed by atoms with Crippen molar-refractivity contribution in [3.8, 4) is 0 Å². The van der Waals surface area contributed by atoms with E-state index in [-0.39, 0.29) is 18.2 Å². The van der Waals surface area contributed by atoms with E-state index in [9.17, 15) is 9.59 Å². The predicted molar refractivity (Wildman–Crippen MR) is 59.3 cm³/mol. The first-order valence-corrected chi connectivity index (χ1v) is 5.58. The molecule has 1 saturated heterocycles. The van der Waals surface area contributed by atoms with Gasteiger partial charge in [0.15, 0.2) is 0 Å².